The molecule has 0 aliphatic heterocycles. The number of amides is 1. The van der Waals surface area contributed by atoms with Crippen LogP contribution in [0.4, 0.5) is 10.5 Å². The SMILES string of the molecule is CC(C)(C)OC(=O)N=[S@@](C)(=O)Cc1cc(OCCCCO)cc([N+](=O)[O-])c1. The van der Waals surface area contributed by atoms with Crippen LogP contribution in [-0.4, -0.2) is 45.4 Å². The molecule has 0 heterocycles. The number of ether oxygens (including phenoxy) is 2. The van der Waals surface area contributed by atoms with Crippen LogP contribution in [0.3, 0.4) is 0 Å². The predicted molar refractivity (Wildman–Crippen MR) is 101 cm³/mol. The van der Waals surface area contributed by atoms with Crippen LogP contribution in [0, 0.1) is 10.1 Å². The Labute approximate surface area is 159 Å². The second kappa shape index (κ2) is 9.65. The summed E-state index contributed by atoms with van der Waals surface area (Å²) in [4.78, 5) is 22.3. The number of aliphatic hydroxyl groups excluding tert-OH is 1. The number of nitrogens with zero attached hydrogens (tertiary/aromatic N) is 2. The molecule has 27 heavy (non-hydrogen) atoms. The summed E-state index contributed by atoms with van der Waals surface area (Å²) in [6, 6.07) is 4.07. The highest BCUT2D eigenvalue weighted by atomic mass is 32.2. The number of nitro benzene ring substituents is 1. The van der Waals surface area contributed by atoms with E-state index in [9.17, 15) is 19.1 Å². The third-order valence-corrected chi connectivity index (χ3v) is 4.48. The molecule has 0 fully saturated rings. The quantitative estimate of drug-likeness (QED) is 0.401. The van der Waals surface area contributed by atoms with Gasteiger partial charge >= 0.3 is 6.09 Å². The number of aliphatic hydroxyl groups is 1. The van der Waals surface area contributed by atoms with Gasteiger partial charge in [0.1, 0.15) is 11.4 Å². The summed E-state index contributed by atoms with van der Waals surface area (Å²) in [5.41, 5.74) is -0.615. The van der Waals surface area contributed by atoms with E-state index in [4.69, 9.17) is 14.6 Å². The number of nitro groups is 1. The van der Waals surface area contributed by atoms with Gasteiger partial charge < -0.3 is 14.6 Å². The van der Waals surface area contributed by atoms with Gasteiger partial charge in [0.2, 0.25) is 0 Å². The van der Waals surface area contributed by atoms with Crippen molar-refractivity contribution in [3.05, 3.63) is 33.9 Å². The Morgan fingerprint density at radius 2 is 1.96 bits per heavy atom. The normalized spacial score (nSPS) is 13.5. The van der Waals surface area contributed by atoms with E-state index in [-0.39, 0.29) is 30.4 Å². The fourth-order valence-electron chi connectivity index (χ4n) is 2.10. The summed E-state index contributed by atoms with van der Waals surface area (Å²) in [6.07, 6.45) is 1.49. The Kier molecular flexibility index (Phi) is 8.17. The van der Waals surface area contributed by atoms with Gasteiger partial charge in [0.05, 0.1) is 33.1 Å². The van der Waals surface area contributed by atoms with Gasteiger partial charge in [-0.2, -0.15) is 0 Å². The predicted octanol–water partition coefficient (Wildman–Crippen LogP) is 3.28. The number of carbonyl (C=O) groups is 1. The second-order valence-electron chi connectivity index (χ2n) is 7.05. The van der Waals surface area contributed by atoms with Crippen LogP contribution in [-0.2, 0) is 20.2 Å². The molecule has 0 unspecified atom stereocenters. The van der Waals surface area contributed by atoms with Crippen molar-refractivity contribution in [2.45, 2.75) is 45.0 Å². The monoisotopic (exact) mass is 402 g/mol. The summed E-state index contributed by atoms with van der Waals surface area (Å²) in [5.74, 6) is 0.0885. The van der Waals surface area contributed by atoms with E-state index in [1.165, 1.54) is 24.5 Å². The smallest absolute Gasteiger partial charge is 0.442 e. The third kappa shape index (κ3) is 9.34. The number of benzene rings is 1. The van der Waals surface area contributed by atoms with Crippen LogP contribution >= 0.6 is 0 Å². The van der Waals surface area contributed by atoms with Crippen molar-refractivity contribution in [1.82, 2.24) is 0 Å². The van der Waals surface area contributed by atoms with Gasteiger partial charge in [-0.3, -0.25) is 10.1 Å². The Bertz CT molecular complexity index is 793. The lowest BCUT2D eigenvalue weighted by Gasteiger charge is -2.17. The highest BCUT2D eigenvalue weighted by Crippen LogP contribution is 2.25. The third-order valence-electron chi connectivity index (χ3n) is 3.08. The van der Waals surface area contributed by atoms with Gasteiger partial charge in [0.15, 0.2) is 0 Å². The molecular formula is C17H26N2O7S. The first-order valence-electron chi connectivity index (χ1n) is 8.37. The van der Waals surface area contributed by atoms with Gasteiger partial charge in [-0.15, -0.1) is 4.36 Å². The molecule has 1 aromatic rings. The first-order valence-corrected chi connectivity index (χ1v) is 10.5. The number of carbonyl (C=O) groups excluding carboxylic acids is 1. The Hall–Kier alpha value is -2.20. The maximum Gasteiger partial charge on any atom is 0.442 e. The van der Waals surface area contributed by atoms with Crippen LogP contribution in [0.5, 0.6) is 5.75 Å². The standard InChI is InChI=1S/C17H26N2O7S/c1-17(2,3)26-16(21)18-27(4,24)12-13-9-14(19(22)23)11-15(10-13)25-8-6-5-7-20/h9-11,20H,5-8,12H2,1-4H3/t27-/m0/s1. The molecule has 10 heteroatoms. The topological polar surface area (TPSA) is 128 Å². The first-order chi connectivity index (χ1) is 12.4. The van der Waals surface area contributed by atoms with Crippen molar-refractivity contribution in [3.63, 3.8) is 0 Å². The number of rotatable bonds is 8. The van der Waals surface area contributed by atoms with E-state index in [2.05, 4.69) is 4.36 Å². The van der Waals surface area contributed by atoms with Crippen LogP contribution < -0.4 is 4.74 Å². The van der Waals surface area contributed by atoms with Gasteiger partial charge in [0.25, 0.3) is 5.69 Å². The number of hydrogen-bond donors (Lipinski definition) is 1. The molecule has 1 rings (SSSR count). The van der Waals surface area contributed by atoms with E-state index in [0.717, 1.165) is 0 Å². The van der Waals surface area contributed by atoms with Crippen molar-refractivity contribution >= 4 is 21.5 Å². The van der Waals surface area contributed by atoms with E-state index in [0.29, 0.717) is 18.4 Å². The number of unbranched alkanes of at least 4 members (excludes halogenated alkanes) is 1. The minimum atomic E-state index is -3.01. The van der Waals surface area contributed by atoms with Gasteiger partial charge in [-0.1, -0.05) is 0 Å². The van der Waals surface area contributed by atoms with Crippen molar-refractivity contribution in [1.29, 1.82) is 0 Å². The second-order valence-corrected chi connectivity index (χ2v) is 9.44. The molecule has 0 aromatic heterocycles. The van der Waals surface area contributed by atoms with Crippen LogP contribution in [0.2, 0.25) is 0 Å². The zero-order valence-electron chi connectivity index (χ0n) is 16.0. The van der Waals surface area contributed by atoms with E-state index in [1.54, 1.807) is 20.8 Å². The van der Waals surface area contributed by atoms with Crippen molar-refractivity contribution < 1.29 is 28.5 Å². The van der Waals surface area contributed by atoms with Gasteiger partial charge in [-0.05, 0) is 45.2 Å². The molecule has 0 bridgehead atoms. The molecule has 1 amide bonds. The highest BCUT2D eigenvalue weighted by molar-refractivity contribution is 7.92. The van der Waals surface area contributed by atoms with Crippen LogP contribution in [0.1, 0.15) is 39.2 Å². The molecule has 0 aliphatic rings. The maximum atomic E-state index is 12.6. The summed E-state index contributed by atoms with van der Waals surface area (Å²) >= 11 is 0. The Morgan fingerprint density at radius 1 is 1.30 bits per heavy atom. The summed E-state index contributed by atoms with van der Waals surface area (Å²) in [6.45, 7) is 5.31. The van der Waals surface area contributed by atoms with E-state index < -0.39 is 26.3 Å². The zero-order valence-corrected chi connectivity index (χ0v) is 16.8. The average molecular weight is 402 g/mol. The van der Waals surface area contributed by atoms with Crippen molar-refractivity contribution in [2.24, 2.45) is 4.36 Å². The molecule has 0 spiro atoms. The van der Waals surface area contributed by atoms with Crippen molar-refractivity contribution in [2.75, 3.05) is 19.5 Å². The minimum Gasteiger partial charge on any atom is -0.493 e. The highest BCUT2D eigenvalue weighted by Gasteiger charge is 2.19. The molecular weight excluding hydrogens is 376 g/mol. The Balaban J connectivity index is 3.03. The molecule has 0 aliphatic carbocycles. The van der Waals surface area contributed by atoms with E-state index in [1.807, 2.05) is 0 Å². The molecule has 1 aromatic carbocycles. The maximum absolute atomic E-state index is 12.6. The fraction of sp³-hybridized carbons (Fsp3) is 0.588. The zero-order chi connectivity index (χ0) is 20.7. The lowest BCUT2D eigenvalue weighted by atomic mass is 10.2. The molecule has 9 nitrogen and oxygen atoms in total. The first kappa shape index (κ1) is 22.8. The fourth-order valence-corrected chi connectivity index (χ4v) is 3.30. The molecule has 0 radical (unpaired) electrons. The number of hydrogen-bond acceptors (Lipinski definition) is 7. The molecule has 152 valence electrons. The molecule has 1 N–H and O–H groups in total. The summed E-state index contributed by atoms with van der Waals surface area (Å²) in [5, 5.41) is 19.9. The van der Waals surface area contributed by atoms with Crippen LogP contribution in [0.25, 0.3) is 0 Å². The molecule has 0 saturated heterocycles. The van der Waals surface area contributed by atoms with Gasteiger partial charge in [0, 0.05) is 18.9 Å². The lowest BCUT2D eigenvalue weighted by molar-refractivity contribution is -0.385. The lowest BCUT2D eigenvalue weighted by Crippen LogP contribution is -2.22. The van der Waals surface area contributed by atoms with Crippen molar-refractivity contribution in [3.8, 4) is 5.75 Å². The summed E-state index contributed by atoms with van der Waals surface area (Å²) in [7, 11) is -3.01. The summed E-state index contributed by atoms with van der Waals surface area (Å²) < 4.78 is 26.8. The molecule has 1 atom stereocenters. The number of non-ortho nitro benzene ring substituents is 1. The molecule has 0 saturated carbocycles. The Morgan fingerprint density at radius 3 is 2.52 bits per heavy atom. The van der Waals surface area contributed by atoms with Crippen LogP contribution in [0.15, 0.2) is 22.6 Å². The van der Waals surface area contributed by atoms with E-state index >= 15 is 0 Å². The van der Waals surface area contributed by atoms with Gasteiger partial charge in [-0.25, -0.2) is 9.00 Å². The largest absolute Gasteiger partial charge is 0.493 e. The average Bonchev–Trinajstić information content (AvgIpc) is 2.48. The minimum absolute atomic E-state index is 0.0353.